The van der Waals surface area contributed by atoms with Crippen molar-refractivity contribution in [1.82, 2.24) is 19.5 Å². The number of rotatable bonds is 2. The molecule has 1 aliphatic rings. The number of aromatic nitrogens is 3. The first kappa shape index (κ1) is 20.3. The first-order valence-electron chi connectivity index (χ1n) is 9.21. The minimum atomic E-state index is -4.65. The fourth-order valence-electron chi connectivity index (χ4n) is 3.82. The number of likely N-dealkylation sites (tertiary alicyclic amines) is 1. The first-order chi connectivity index (χ1) is 13.7. The topological polar surface area (TPSA) is 50.5 Å². The van der Waals surface area contributed by atoms with E-state index < -0.39 is 11.9 Å². The van der Waals surface area contributed by atoms with Crippen LogP contribution in [0.15, 0.2) is 28.1 Å². The Bertz CT molecular complexity index is 1050. The van der Waals surface area contributed by atoms with E-state index in [0.717, 1.165) is 25.3 Å². The van der Waals surface area contributed by atoms with Crippen molar-refractivity contribution in [3.05, 3.63) is 39.4 Å². The molecule has 0 aromatic carbocycles. The highest BCUT2D eigenvalue weighted by molar-refractivity contribution is 9.10. The lowest BCUT2D eigenvalue weighted by Gasteiger charge is -2.38. The molecule has 1 amide bonds. The highest BCUT2D eigenvalue weighted by Gasteiger charge is 2.38. The van der Waals surface area contributed by atoms with E-state index in [2.05, 4.69) is 26.0 Å². The maximum atomic E-state index is 13.8. The lowest BCUT2D eigenvalue weighted by atomic mass is 9.97. The van der Waals surface area contributed by atoms with Crippen LogP contribution in [0.25, 0.3) is 16.2 Å². The van der Waals surface area contributed by atoms with Crippen molar-refractivity contribution >= 4 is 38.8 Å². The van der Waals surface area contributed by atoms with E-state index in [0.29, 0.717) is 9.39 Å². The SMILES string of the molecule is C[C@@H]1CCC[C@H](C)N1C(=O)c1nn2c(C(F)(F)F)cc(-c3cccs3)nc2c1Br. The van der Waals surface area contributed by atoms with Gasteiger partial charge in [0, 0.05) is 12.1 Å². The zero-order valence-corrected chi connectivity index (χ0v) is 18.1. The number of fused-ring (bicyclic) bond motifs is 1. The third kappa shape index (κ3) is 3.56. The van der Waals surface area contributed by atoms with Gasteiger partial charge in [0.15, 0.2) is 17.0 Å². The molecule has 1 aliphatic heterocycles. The van der Waals surface area contributed by atoms with Crippen LogP contribution < -0.4 is 0 Å². The van der Waals surface area contributed by atoms with Crippen LogP contribution in [0.5, 0.6) is 0 Å². The fourth-order valence-corrected chi connectivity index (χ4v) is 5.02. The van der Waals surface area contributed by atoms with Crippen LogP contribution in [0.2, 0.25) is 0 Å². The Morgan fingerprint density at radius 2 is 1.97 bits per heavy atom. The van der Waals surface area contributed by atoms with Gasteiger partial charge in [-0.1, -0.05) is 6.07 Å². The second-order valence-electron chi connectivity index (χ2n) is 7.24. The average molecular weight is 487 g/mol. The summed E-state index contributed by atoms with van der Waals surface area (Å²) in [6.45, 7) is 3.90. The largest absolute Gasteiger partial charge is 0.433 e. The third-order valence-corrected chi connectivity index (χ3v) is 6.85. The van der Waals surface area contributed by atoms with Crippen LogP contribution in [-0.4, -0.2) is 37.5 Å². The van der Waals surface area contributed by atoms with Crippen molar-refractivity contribution in [2.75, 3.05) is 0 Å². The summed E-state index contributed by atoms with van der Waals surface area (Å²) in [5.41, 5.74) is -0.847. The average Bonchev–Trinajstić information content (AvgIpc) is 3.28. The number of thiophene rings is 1. The normalized spacial score (nSPS) is 20.4. The summed E-state index contributed by atoms with van der Waals surface area (Å²) in [6.07, 6.45) is -1.92. The maximum Gasteiger partial charge on any atom is 0.433 e. The van der Waals surface area contributed by atoms with Gasteiger partial charge in [-0.15, -0.1) is 11.3 Å². The molecule has 154 valence electrons. The Morgan fingerprint density at radius 3 is 2.55 bits per heavy atom. The summed E-state index contributed by atoms with van der Waals surface area (Å²) in [6, 6.07) is 4.42. The molecule has 10 heteroatoms. The van der Waals surface area contributed by atoms with Crippen LogP contribution >= 0.6 is 27.3 Å². The Kier molecular flexibility index (Phi) is 5.18. The number of hydrogen-bond acceptors (Lipinski definition) is 4. The van der Waals surface area contributed by atoms with Crippen molar-refractivity contribution in [2.24, 2.45) is 0 Å². The monoisotopic (exact) mass is 486 g/mol. The molecule has 3 aromatic rings. The molecule has 4 rings (SSSR count). The number of hydrogen-bond donors (Lipinski definition) is 0. The van der Waals surface area contributed by atoms with Crippen molar-refractivity contribution in [1.29, 1.82) is 0 Å². The molecule has 0 aliphatic carbocycles. The van der Waals surface area contributed by atoms with E-state index >= 15 is 0 Å². The van der Waals surface area contributed by atoms with Gasteiger partial charge in [0.05, 0.1) is 15.0 Å². The van der Waals surface area contributed by atoms with Gasteiger partial charge in [-0.2, -0.15) is 18.3 Å². The Hall–Kier alpha value is -1.94. The maximum absolute atomic E-state index is 13.8. The van der Waals surface area contributed by atoms with Crippen LogP contribution in [0.1, 0.15) is 49.3 Å². The third-order valence-electron chi connectivity index (χ3n) is 5.23. The molecular formula is C19H18BrF3N4OS. The number of piperidine rings is 1. The zero-order chi connectivity index (χ0) is 20.9. The van der Waals surface area contributed by atoms with E-state index in [-0.39, 0.29) is 39.5 Å². The summed E-state index contributed by atoms with van der Waals surface area (Å²) >= 11 is 4.60. The summed E-state index contributed by atoms with van der Waals surface area (Å²) < 4.78 is 42.2. The predicted octanol–water partition coefficient (Wildman–Crippen LogP) is 5.64. The molecule has 4 heterocycles. The van der Waals surface area contributed by atoms with Crippen LogP contribution in [-0.2, 0) is 6.18 Å². The van der Waals surface area contributed by atoms with E-state index in [9.17, 15) is 18.0 Å². The van der Waals surface area contributed by atoms with E-state index in [4.69, 9.17) is 0 Å². The van der Waals surface area contributed by atoms with Gasteiger partial charge < -0.3 is 4.90 Å². The van der Waals surface area contributed by atoms with Gasteiger partial charge in [-0.25, -0.2) is 9.50 Å². The molecular weight excluding hydrogens is 469 g/mol. The molecule has 0 unspecified atom stereocenters. The smallest absolute Gasteiger partial charge is 0.332 e. The van der Waals surface area contributed by atoms with Crippen molar-refractivity contribution in [3.8, 4) is 10.6 Å². The van der Waals surface area contributed by atoms with Gasteiger partial charge in [-0.3, -0.25) is 4.79 Å². The molecule has 1 saturated heterocycles. The Morgan fingerprint density at radius 1 is 1.28 bits per heavy atom. The van der Waals surface area contributed by atoms with Crippen molar-refractivity contribution < 1.29 is 18.0 Å². The summed E-state index contributed by atoms with van der Waals surface area (Å²) in [7, 11) is 0. The quantitative estimate of drug-likeness (QED) is 0.470. The van der Waals surface area contributed by atoms with Gasteiger partial charge in [0.2, 0.25) is 0 Å². The van der Waals surface area contributed by atoms with Crippen LogP contribution in [0.4, 0.5) is 13.2 Å². The molecule has 5 nitrogen and oxygen atoms in total. The first-order valence-corrected chi connectivity index (χ1v) is 10.9. The lowest BCUT2D eigenvalue weighted by molar-refractivity contribution is -0.142. The Balaban J connectivity index is 1.89. The molecule has 0 spiro atoms. The highest BCUT2D eigenvalue weighted by atomic mass is 79.9. The molecule has 2 atom stereocenters. The second kappa shape index (κ2) is 7.39. The van der Waals surface area contributed by atoms with Crippen molar-refractivity contribution in [2.45, 2.75) is 51.4 Å². The molecule has 0 N–H and O–H groups in total. The fraction of sp³-hybridized carbons (Fsp3) is 0.421. The minimum absolute atomic E-state index is 0.000289. The van der Waals surface area contributed by atoms with E-state index in [1.165, 1.54) is 11.3 Å². The van der Waals surface area contributed by atoms with Crippen LogP contribution in [0, 0.1) is 0 Å². The number of halogens is 4. The highest BCUT2D eigenvalue weighted by Crippen LogP contribution is 2.36. The summed E-state index contributed by atoms with van der Waals surface area (Å²) in [5.74, 6) is -0.382. The molecule has 0 saturated carbocycles. The number of carbonyl (C=O) groups is 1. The van der Waals surface area contributed by atoms with Crippen LogP contribution in [0.3, 0.4) is 0 Å². The molecule has 3 aromatic heterocycles. The molecule has 0 radical (unpaired) electrons. The second-order valence-corrected chi connectivity index (χ2v) is 8.98. The summed E-state index contributed by atoms with van der Waals surface area (Å²) in [4.78, 5) is 19.9. The standard InChI is InChI=1S/C19H18BrF3N4OS/c1-10-5-3-6-11(2)26(10)18(28)16-15(20)17-24-12(13-7-4-8-29-13)9-14(19(21,22)23)27(17)25-16/h4,7-11H,3,5-6H2,1-2H3/t10-,11+. The Labute approximate surface area is 177 Å². The predicted molar refractivity (Wildman–Crippen MR) is 108 cm³/mol. The zero-order valence-electron chi connectivity index (χ0n) is 15.7. The molecule has 29 heavy (non-hydrogen) atoms. The lowest BCUT2D eigenvalue weighted by Crippen LogP contribution is -2.47. The number of carbonyl (C=O) groups excluding carboxylic acids is 1. The van der Waals surface area contributed by atoms with Gasteiger partial charge in [-0.05, 0) is 66.6 Å². The van der Waals surface area contributed by atoms with Gasteiger partial charge >= 0.3 is 6.18 Å². The van der Waals surface area contributed by atoms with E-state index in [1.54, 1.807) is 22.4 Å². The molecule has 1 fully saturated rings. The minimum Gasteiger partial charge on any atom is -0.332 e. The van der Waals surface area contributed by atoms with Gasteiger partial charge in [0.1, 0.15) is 0 Å². The number of alkyl halides is 3. The van der Waals surface area contributed by atoms with Crippen molar-refractivity contribution in [3.63, 3.8) is 0 Å². The number of amides is 1. The van der Waals surface area contributed by atoms with Gasteiger partial charge in [0.25, 0.3) is 5.91 Å². The van der Waals surface area contributed by atoms with E-state index in [1.807, 2.05) is 13.8 Å². The summed E-state index contributed by atoms with van der Waals surface area (Å²) in [5, 5.41) is 5.82. The number of nitrogens with zero attached hydrogens (tertiary/aromatic N) is 4. The molecule has 0 bridgehead atoms.